The SMILES string of the molecule is CC(C)(C)CC(C)(C)NC1CCCOc2cc(Br)ccc21. The zero-order valence-corrected chi connectivity index (χ0v) is 15.5. The van der Waals surface area contributed by atoms with Gasteiger partial charge in [0.15, 0.2) is 0 Å². The van der Waals surface area contributed by atoms with Gasteiger partial charge in [0.05, 0.1) is 6.61 Å². The van der Waals surface area contributed by atoms with Crippen LogP contribution in [0.4, 0.5) is 0 Å². The van der Waals surface area contributed by atoms with Gasteiger partial charge in [-0.25, -0.2) is 0 Å². The summed E-state index contributed by atoms with van der Waals surface area (Å²) >= 11 is 3.54. The lowest BCUT2D eigenvalue weighted by Crippen LogP contribution is -2.44. The molecular weight excluding hydrogens is 326 g/mol. The number of rotatable bonds is 3. The van der Waals surface area contributed by atoms with Crippen LogP contribution >= 0.6 is 15.9 Å². The number of halogens is 1. The number of hydrogen-bond donors (Lipinski definition) is 1. The molecule has 2 rings (SSSR count). The quantitative estimate of drug-likeness (QED) is 0.777. The van der Waals surface area contributed by atoms with E-state index in [4.69, 9.17) is 4.74 Å². The molecule has 1 unspecified atom stereocenters. The van der Waals surface area contributed by atoms with Crippen LogP contribution in [0, 0.1) is 5.41 Å². The Hall–Kier alpha value is -0.540. The molecule has 0 aliphatic carbocycles. The van der Waals surface area contributed by atoms with Crippen LogP contribution < -0.4 is 10.1 Å². The third-order valence-electron chi connectivity index (χ3n) is 3.78. The first kappa shape index (κ1) is 16.8. The highest BCUT2D eigenvalue weighted by Crippen LogP contribution is 2.36. The first-order chi connectivity index (χ1) is 9.66. The standard InChI is InChI=1S/C18H28BrNO/c1-17(2,3)12-18(4,5)20-15-7-6-10-21-16-11-13(19)8-9-14(15)16/h8-9,11,15,20H,6-7,10,12H2,1-5H3. The molecular formula is C18H28BrNO. The van der Waals surface area contributed by atoms with E-state index < -0.39 is 0 Å². The normalized spacial score (nSPS) is 19.6. The molecule has 0 saturated carbocycles. The van der Waals surface area contributed by atoms with E-state index in [0.29, 0.717) is 11.5 Å². The summed E-state index contributed by atoms with van der Waals surface area (Å²) in [5.74, 6) is 1.02. The molecule has 0 saturated heterocycles. The summed E-state index contributed by atoms with van der Waals surface area (Å²) in [4.78, 5) is 0. The molecule has 0 spiro atoms. The van der Waals surface area contributed by atoms with Gasteiger partial charge in [0.1, 0.15) is 5.75 Å². The molecule has 1 aliphatic rings. The van der Waals surface area contributed by atoms with Gasteiger partial charge in [0, 0.05) is 21.6 Å². The van der Waals surface area contributed by atoms with Crippen molar-refractivity contribution in [2.75, 3.05) is 6.61 Å². The molecule has 0 bridgehead atoms. The smallest absolute Gasteiger partial charge is 0.125 e. The van der Waals surface area contributed by atoms with E-state index in [-0.39, 0.29) is 5.54 Å². The van der Waals surface area contributed by atoms with Gasteiger partial charge in [-0.1, -0.05) is 42.8 Å². The Bertz CT molecular complexity index is 490. The van der Waals surface area contributed by atoms with Crippen LogP contribution in [0.5, 0.6) is 5.75 Å². The molecule has 1 N–H and O–H groups in total. The van der Waals surface area contributed by atoms with Crippen molar-refractivity contribution in [1.29, 1.82) is 0 Å². The van der Waals surface area contributed by atoms with E-state index >= 15 is 0 Å². The molecule has 1 aliphatic heterocycles. The van der Waals surface area contributed by atoms with Crippen molar-refractivity contribution in [1.82, 2.24) is 5.32 Å². The average molecular weight is 354 g/mol. The molecule has 0 radical (unpaired) electrons. The summed E-state index contributed by atoms with van der Waals surface area (Å²) in [6.07, 6.45) is 3.36. The lowest BCUT2D eigenvalue weighted by Gasteiger charge is -2.37. The summed E-state index contributed by atoms with van der Waals surface area (Å²) in [6, 6.07) is 6.76. The second-order valence-electron chi connectivity index (χ2n) is 7.99. The van der Waals surface area contributed by atoms with Gasteiger partial charge in [-0.2, -0.15) is 0 Å². The van der Waals surface area contributed by atoms with Crippen LogP contribution in [0.3, 0.4) is 0 Å². The van der Waals surface area contributed by atoms with Crippen molar-refractivity contribution in [2.24, 2.45) is 5.41 Å². The molecule has 0 aromatic heterocycles. The second kappa shape index (κ2) is 6.29. The van der Waals surface area contributed by atoms with Gasteiger partial charge < -0.3 is 10.1 Å². The average Bonchev–Trinajstić information content (AvgIpc) is 2.47. The molecule has 2 nitrogen and oxygen atoms in total. The Balaban J connectivity index is 2.20. The lowest BCUT2D eigenvalue weighted by atomic mass is 9.81. The van der Waals surface area contributed by atoms with E-state index in [9.17, 15) is 0 Å². The first-order valence-electron chi connectivity index (χ1n) is 7.86. The Morgan fingerprint density at radius 1 is 1.24 bits per heavy atom. The van der Waals surface area contributed by atoms with Crippen molar-refractivity contribution >= 4 is 15.9 Å². The van der Waals surface area contributed by atoms with Crippen molar-refractivity contribution < 1.29 is 4.74 Å². The van der Waals surface area contributed by atoms with Crippen LogP contribution in [0.1, 0.15) is 65.5 Å². The van der Waals surface area contributed by atoms with Crippen LogP contribution in [0.2, 0.25) is 0 Å². The fourth-order valence-electron chi connectivity index (χ4n) is 3.54. The highest BCUT2D eigenvalue weighted by molar-refractivity contribution is 9.10. The minimum absolute atomic E-state index is 0.109. The number of ether oxygens (including phenoxy) is 1. The Morgan fingerprint density at radius 3 is 2.62 bits per heavy atom. The van der Waals surface area contributed by atoms with Crippen LogP contribution in [-0.4, -0.2) is 12.1 Å². The maximum absolute atomic E-state index is 5.90. The molecule has 1 aromatic carbocycles. The predicted molar refractivity (Wildman–Crippen MR) is 92.9 cm³/mol. The molecule has 1 aromatic rings. The fourth-order valence-corrected chi connectivity index (χ4v) is 3.88. The van der Waals surface area contributed by atoms with Crippen molar-refractivity contribution in [3.05, 3.63) is 28.2 Å². The highest BCUT2D eigenvalue weighted by Gasteiger charge is 2.30. The first-order valence-corrected chi connectivity index (χ1v) is 8.66. The van der Waals surface area contributed by atoms with Crippen LogP contribution in [-0.2, 0) is 0 Å². The summed E-state index contributed by atoms with van der Waals surface area (Å²) in [6.45, 7) is 12.3. The van der Waals surface area contributed by atoms with Gasteiger partial charge in [0.2, 0.25) is 0 Å². The maximum atomic E-state index is 5.90. The molecule has 0 fully saturated rings. The van der Waals surface area contributed by atoms with Gasteiger partial charge in [-0.15, -0.1) is 0 Å². The van der Waals surface area contributed by atoms with Gasteiger partial charge in [-0.3, -0.25) is 0 Å². The van der Waals surface area contributed by atoms with E-state index in [1.807, 2.05) is 0 Å². The van der Waals surface area contributed by atoms with E-state index in [2.05, 4.69) is 74.1 Å². The van der Waals surface area contributed by atoms with E-state index in [0.717, 1.165) is 36.1 Å². The number of benzene rings is 1. The highest BCUT2D eigenvalue weighted by atomic mass is 79.9. The molecule has 0 amide bonds. The van der Waals surface area contributed by atoms with Gasteiger partial charge >= 0.3 is 0 Å². The number of fused-ring (bicyclic) bond motifs is 1. The molecule has 21 heavy (non-hydrogen) atoms. The minimum Gasteiger partial charge on any atom is -0.493 e. The number of nitrogens with one attached hydrogen (secondary N) is 1. The predicted octanol–water partition coefficient (Wildman–Crippen LogP) is 5.47. The third-order valence-corrected chi connectivity index (χ3v) is 4.28. The summed E-state index contributed by atoms with van der Waals surface area (Å²) in [5.41, 5.74) is 1.72. The van der Waals surface area contributed by atoms with Crippen molar-refractivity contribution in [2.45, 2.75) is 65.5 Å². The van der Waals surface area contributed by atoms with E-state index in [1.165, 1.54) is 5.56 Å². The third kappa shape index (κ3) is 5.00. The van der Waals surface area contributed by atoms with E-state index in [1.54, 1.807) is 0 Å². The molecule has 3 heteroatoms. The molecule has 118 valence electrons. The Labute approximate surface area is 137 Å². The summed E-state index contributed by atoms with van der Waals surface area (Å²) < 4.78 is 6.98. The topological polar surface area (TPSA) is 21.3 Å². The van der Waals surface area contributed by atoms with Crippen LogP contribution in [0.15, 0.2) is 22.7 Å². The molecule has 1 heterocycles. The Kier molecular flexibility index (Phi) is 5.04. The molecule has 1 atom stereocenters. The second-order valence-corrected chi connectivity index (χ2v) is 8.91. The van der Waals surface area contributed by atoms with Gasteiger partial charge in [0.25, 0.3) is 0 Å². The van der Waals surface area contributed by atoms with Crippen molar-refractivity contribution in [3.63, 3.8) is 0 Å². The summed E-state index contributed by atoms with van der Waals surface area (Å²) in [7, 11) is 0. The van der Waals surface area contributed by atoms with Crippen molar-refractivity contribution in [3.8, 4) is 5.75 Å². The summed E-state index contributed by atoms with van der Waals surface area (Å²) in [5, 5.41) is 3.87. The minimum atomic E-state index is 0.109. The number of hydrogen-bond acceptors (Lipinski definition) is 2. The zero-order valence-electron chi connectivity index (χ0n) is 13.9. The van der Waals surface area contributed by atoms with Crippen LogP contribution in [0.25, 0.3) is 0 Å². The lowest BCUT2D eigenvalue weighted by molar-refractivity contribution is 0.218. The fraction of sp³-hybridized carbons (Fsp3) is 0.667. The zero-order chi connectivity index (χ0) is 15.7. The Morgan fingerprint density at radius 2 is 1.95 bits per heavy atom. The maximum Gasteiger partial charge on any atom is 0.125 e. The largest absolute Gasteiger partial charge is 0.493 e. The van der Waals surface area contributed by atoms with Gasteiger partial charge in [-0.05, 0) is 50.7 Å². The monoisotopic (exact) mass is 353 g/mol.